The van der Waals surface area contributed by atoms with Crippen molar-refractivity contribution in [2.24, 2.45) is 0 Å². The Morgan fingerprint density at radius 2 is 1.40 bits per heavy atom. The van der Waals surface area contributed by atoms with Crippen LogP contribution in [0.5, 0.6) is 0 Å². The molecule has 0 saturated carbocycles. The van der Waals surface area contributed by atoms with Gasteiger partial charge in [-0.05, 0) is 12.1 Å². The molecule has 6 heterocycles. The van der Waals surface area contributed by atoms with Crippen LogP contribution in [0.3, 0.4) is 0 Å². The SMILES string of the molecule is O=c1[nH]cnc2c1ncn2C1OC2COP(=O)(O)OC3C(COP(=O)(O)OC2C1O)OC(n1cnc2cc(Cl)c(Cl)cc21)C3O. The van der Waals surface area contributed by atoms with Gasteiger partial charge in [0.05, 0.1) is 53.3 Å². The zero-order valence-corrected chi connectivity index (χ0v) is 25.6. The molecular weight excluding hydrogens is 689 g/mol. The summed E-state index contributed by atoms with van der Waals surface area (Å²) in [4.78, 5) is 47.8. The second-order valence-electron chi connectivity index (χ2n) is 10.2. The molecule has 19 nitrogen and oxygen atoms in total. The van der Waals surface area contributed by atoms with Crippen molar-refractivity contribution in [2.75, 3.05) is 13.2 Å². The van der Waals surface area contributed by atoms with Gasteiger partial charge in [0.1, 0.15) is 36.6 Å². The highest BCUT2D eigenvalue weighted by Gasteiger charge is 2.54. The normalized spacial score (nSPS) is 37.7. The number of ether oxygens (including phenoxy) is 2. The van der Waals surface area contributed by atoms with E-state index in [2.05, 4.69) is 19.9 Å². The van der Waals surface area contributed by atoms with E-state index < -0.39 is 83.5 Å². The fourth-order valence-electron chi connectivity index (χ4n) is 5.41. The topological polar surface area (TPSA) is 252 Å². The van der Waals surface area contributed by atoms with Crippen molar-refractivity contribution >= 4 is 61.0 Å². The molecular formula is C22H22Cl2N6O13P2. The molecule has 4 aromatic rings. The highest BCUT2D eigenvalue weighted by Crippen LogP contribution is 2.53. The molecule has 10 atom stereocenters. The molecule has 0 bridgehead atoms. The van der Waals surface area contributed by atoms with Gasteiger partial charge >= 0.3 is 15.6 Å². The van der Waals surface area contributed by atoms with Crippen molar-refractivity contribution < 1.29 is 56.7 Å². The number of imidazole rings is 2. The van der Waals surface area contributed by atoms with E-state index in [9.17, 15) is 33.9 Å². The van der Waals surface area contributed by atoms with Gasteiger partial charge in [-0.15, -0.1) is 0 Å². The third-order valence-electron chi connectivity index (χ3n) is 7.46. The number of phosphoric acid groups is 2. The predicted molar refractivity (Wildman–Crippen MR) is 149 cm³/mol. The van der Waals surface area contributed by atoms with E-state index in [1.807, 2.05) is 0 Å². The summed E-state index contributed by atoms with van der Waals surface area (Å²) in [6.45, 7) is -1.60. The summed E-state index contributed by atoms with van der Waals surface area (Å²) in [5, 5.41) is 22.7. The monoisotopic (exact) mass is 710 g/mol. The number of hydrogen-bond donors (Lipinski definition) is 5. The molecule has 0 amide bonds. The number of aliphatic hydroxyl groups excluding tert-OH is 2. The Hall–Kier alpha value is -2.32. The lowest BCUT2D eigenvalue weighted by molar-refractivity contribution is -0.0663. The van der Waals surface area contributed by atoms with E-state index in [4.69, 9.17) is 50.8 Å². The van der Waals surface area contributed by atoms with E-state index in [1.54, 1.807) is 0 Å². The quantitative estimate of drug-likeness (QED) is 0.182. The summed E-state index contributed by atoms with van der Waals surface area (Å²) >= 11 is 12.2. The third kappa shape index (κ3) is 5.66. The van der Waals surface area contributed by atoms with E-state index in [0.29, 0.717) is 11.0 Å². The summed E-state index contributed by atoms with van der Waals surface area (Å²) in [6.07, 6.45) is -8.72. The molecule has 7 rings (SSSR count). The van der Waals surface area contributed by atoms with Crippen molar-refractivity contribution in [3.05, 3.63) is 51.5 Å². The number of phosphoric ester groups is 2. The first-order valence-corrected chi connectivity index (χ1v) is 16.8. The van der Waals surface area contributed by atoms with E-state index in [0.717, 1.165) is 12.7 Å². The molecule has 242 valence electrons. The predicted octanol–water partition coefficient (Wildman–Crippen LogP) is 1.01. The largest absolute Gasteiger partial charge is 0.472 e. The summed E-state index contributed by atoms with van der Waals surface area (Å²) in [5.41, 5.74) is 0.119. The molecule has 3 aliphatic rings. The fourth-order valence-corrected chi connectivity index (χ4v) is 7.65. The summed E-state index contributed by atoms with van der Waals surface area (Å²) in [5.74, 6) is 0. The number of aromatic amines is 1. The summed E-state index contributed by atoms with van der Waals surface area (Å²) < 4.78 is 61.2. The standard InChI is InChI=1S/C22H22Cl2N6O13P2/c23-8-1-10-11(2-9(8)24)29(6-27-10)21-15(31)17-12(40-21)3-38-45(36,37)43-18-13(4-39-44(34,35)42-17)41-22(16(18)32)30-7-28-14-19(30)25-5-26-20(14)33/h1-2,5-7,12-13,15-18,21-22,31-32H,3-4H2,(H,34,35)(H,36,37)(H,25,26,33). The van der Waals surface area contributed by atoms with Gasteiger partial charge in [0, 0.05) is 0 Å². The molecule has 10 unspecified atom stereocenters. The number of rotatable bonds is 2. The Balaban J connectivity index is 1.17. The number of nitrogens with one attached hydrogen (secondary N) is 1. The lowest BCUT2D eigenvalue weighted by atomic mass is 10.1. The average Bonchev–Trinajstić information content (AvgIpc) is 3.73. The molecule has 5 N–H and O–H groups in total. The molecule has 45 heavy (non-hydrogen) atoms. The molecule has 3 aliphatic heterocycles. The van der Waals surface area contributed by atoms with Gasteiger partial charge in [-0.25, -0.2) is 24.1 Å². The average molecular weight is 711 g/mol. The minimum atomic E-state index is -5.03. The molecule has 1 aromatic carbocycles. The Morgan fingerprint density at radius 3 is 2.02 bits per heavy atom. The molecule has 3 aromatic heterocycles. The maximum atomic E-state index is 13.1. The number of fused-ring (bicyclic) bond motifs is 4. The molecule has 3 saturated heterocycles. The Bertz CT molecular complexity index is 1940. The van der Waals surface area contributed by atoms with Crippen molar-refractivity contribution in [3.63, 3.8) is 0 Å². The lowest BCUT2D eigenvalue weighted by Gasteiger charge is -2.27. The van der Waals surface area contributed by atoms with Gasteiger partial charge in [0.15, 0.2) is 23.6 Å². The van der Waals surface area contributed by atoms with E-state index >= 15 is 0 Å². The van der Waals surface area contributed by atoms with Crippen LogP contribution < -0.4 is 5.56 Å². The zero-order valence-electron chi connectivity index (χ0n) is 22.3. The van der Waals surface area contributed by atoms with Crippen LogP contribution in [0.25, 0.3) is 22.2 Å². The van der Waals surface area contributed by atoms with E-state index in [1.165, 1.54) is 27.6 Å². The Morgan fingerprint density at radius 1 is 0.844 bits per heavy atom. The Kier molecular flexibility index (Phi) is 7.95. The maximum absolute atomic E-state index is 13.1. The van der Waals surface area contributed by atoms with Crippen LogP contribution in [-0.4, -0.2) is 98.9 Å². The lowest BCUT2D eigenvalue weighted by Crippen LogP contribution is -2.39. The van der Waals surface area contributed by atoms with Gasteiger partial charge in [-0.2, -0.15) is 0 Å². The second-order valence-corrected chi connectivity index (χ2v) is 13.9. The van der Waals surface area contributed by atoms with Crippen LogP contribution in [0.1, 0.15) is 12.5 Å². The maximum Gasteiger partial charge on any atom is 0.472 e. The van der Waals surface area contributed by atoms with Crippen LogP contribution in [0.4, 0.5) is 0 Å². The van der Waals surface area contributed by atoms with Crippen LogP contribution in [-0.2, 0) is 36.7 Å². The highest BCUT2D eigenvalue weighted by atomic mass is 35.5. The van der Waals surface area contributed by atoms with Gasteiger partial charge in [-0.1, -0.05) is 23.2 Å². The number of nitrogens with zero attached hydrogens (tertiary/aromatic N) is 5. The zero-order chi connectivity index (χ0) is 31.8. The first-order valence-electron chi connectivity index (χ1n) is 13.0. The molecule has 0 radical (unpaired) electrons. The van der Waals surface area contributed by atoms with Crippen molar-refractivity contribution in [1.82, 2.24) is 29.1 Å². The number of benzene rings is 1. The minimum Gasteiger partial charge on any atom is -0.386 e. The molecule has 3 fully saturated rings. The van der Waals surface area contributed by atoms with Crippen LogP contribution in [0.15, 0.2) is 35.9 Å². The summed E-state index contributed by atoms with van der Waals surface area (Å²) in [7, 11) is -10.1. The minimum absolute atomic E-state index is 0.00480. The Labute approximate surface area is 260 Å². The number of hydrogen-bond acceptors (Lipinski definition) is 14. The van der Waals surface area contributed by atoms with E-state index in [-0.39, 0.29) is 21.2 Å². The second kappa shape index (κ2) is 11.4. The molecule has 0 aliphatic carbocycles. The first-order chi connectivity index (χ1) is 21.3. The van der Waals surface area contributed by atoms with Gasteiger partial charge in [-0.3, -0.25) is 27.5 Å². The number of aliphatic hydroxyl groups is 2. The first kappa shape index (κ1) is 31.3. The van der Waals surface area contributed by atoms with Crippen molar-refractivity contribution in [2.45, 2.75) is 49.1 Å². The number of aromatic nitrogens is 6. The highest BCUT2D eigenvalue weighted by molar-refractivity contribution is 7.47. The third-order valence-corrected chi connectivity index (χ3v) is 10.2. The van der Waals surface area contributed by atoms with Crippen molar-refractivity contribution in [3.8, 4) is 0 Å². The van der Waals surface area contributed by atoms with Gasteiger partial charge in [0.25, 0.3) is 5.56 Å². The number of halogens is 2. The van der Waals surface area contributed by atoms with Gasteiger partial charge in [0.2, 0.25) is 0 Å². The van der Waals surface area contributed by atoms with Crippen LogP contribution >= 0.6 is 38.8 Å². The summed E-state index contributed by atoms with van der Waals surface area (Å²) in [6, 6.07) is 2.96. The number of H-pyrrole nitrogens is 1. The fraction of sp³-hybridized carbons (Fsp3) is 0.455. The molecule has 23 heteroatoms. The molecule has 0 spiro atoms. The van der Waals surface area contributed by atoms with Crippen molar-refractivity contribution in [1.29, 1.82) is 0 Å². The van der Waals surface area contributed by atoms with Gasteiger partial charge < -0.3 is 39.0 Å². The van der Waals surface area contributed by atoms with Crippen LogP contribution in [0, 0.1) is 0 Å². The smallest absolute Gasteiger partial charge is 0.386 e. The van der Waals surface area contributed by atoms with Crippen LogP contribution in [0.2, 0.25) is 10.0 Å².